The van der Waals surface area contributed by atoms with Gasteiger partial charge in [0.05, 0.1) is 39.0 Å². The number of aryl methyl sites for hydroxylation is 1. The number of amides is 1. The summed E-state index contributed by atoms with van der Waals surface area (Å²) in [6.07, 6.45) is 0.828. The van der Waals surface area contributed by atoms with Crippen molar-refractivity contribution in [1.29, 1.82) is 0 Å². The fourth-order valence-corrected chi connectivity index (χ4v) is 4.52. The SMILES string of the molecule is CCOC(=O)C1CCN(C(=O)c2nn(-c3ccc(OC)c(OC)c3)c(=O)n(Cc3ccc(C)cc3)c2=O)CC1. The zero-order chi connectivity index (χ0) is 28.1. The normalized spacial score (nSPS) is 13.7. The molecule has 39 heavy (non-hydrogen) atoms. The fraction of sp³-hybridized carbons (Fsp3) is 0.393. The van der Waals surface area contributed by atoms with Gasteiger partial charge in [-0.05, 0) is 44.4 Å². The molecule has 11 nitrogen and oxygen atoms in total. The van der Waals surface area contributed by atoms with Gasteiger partial charge >= 0.3 is 11.7 Å². The molecule has 1 aromatic heterocycles. The second-order valence-corrected chi connectivity index (χ2v) is 9.28. The van der Waals surface area contributed by atoms with E-state index in [1.54, 1.807) is 25.1 Å². The summed E-state index contributed by atoms with van der Waals surface area (Å²) < 4.78 is 17.8. The standard InChI is InChI=1S/C28H32N4O7/c1-5-39-27(35)20-12-14-30(15-13-20)25(33)24-26(34)31(17-19-8-6-18(2)7-9-19)28(36)32(29-24)21-10-11-22(37-3)23(16-21)38-4/h6-11,16,20H,5,12-15,17H2,1-4H3. The van der Waals surface area contributed by atoms with E-state index in [4.69, 9.17) is 14.2 Å². The van der Waals surface area contributed by atoms with Gasteiger partial charge in [-0.1, -0.05) is 29.8 Å². The van der Waals surface area contributed by atoms with Crippen LogP contribution >= 0.6 is 0 Å². The predicted molar refractivity (Wildman–Crippen MR) is 143 cm³/mol. The van der Waals surface area contributed by atoms with Crippen LogP contribution in [0.3, 0.4) is 0 Å². The quantitative estimate of drug-likeness (QED) is 0.402. The summed E-state index contributed by atoms with van der Waals surface area (Å²) in [5.74, 6) is -0.391. The third-order valence-corrected chi connectivity index (χ3v) is 6.74. The number of ether oxygens (including phenoxy) is 3. The van der Waals surface area contributed by atoms with Gasteiger partial charge in [-0.25, -0.2) is 4.79 Å². The fourth-order valence-electron chi connectivity index (χ4n) is 4.52. The van der Waals surface area contributed by atoms with Gasteiger partial charge in [0.1, 0.15) is 0 Å². The number of hydrogen-bond donors (Lipinski definition) is 0. The molecule has 1 saturated heterocycles. The molecule has 3 aromatic rings. The minimum atomic E-state index is -0.783. The Morgan fingerprint density at radius 1 is 0.974 bits per heavy atom. The molecule has 1 fully saturated rings. The van der Waals surface area contributed by atoms with Crippen molar-refractivity contribution in [2.45, 2.75) is 33.2 Å². The van der Waals surface area contributed by atoms with E-state index in [0.29, 0.717) is 36.6 Å². The zero-order valence-electron chi connectivity index (χ0n) is 22.5. The predicted octanol–water partition coefficient (Wildman–Crippen LogP) is 2.18. The summed E-state index contributed by atoms with van der Waals surface area (Å²) in [4.78, 5) is 54.3. The van der Waals surface area contributed by atoms with E-state index in [0.717, 1.165) is 20.4 Å². The van der Waals surface area contributed by atoms with E-state index in [-0.39, 0.29) is 37.2 Å². The van der Waals surface area contributed by atoms with Crippen LogP contribution in [0.2, 0.25) is 0 Å². The third kappa shape index (κ3) is 5.87. The molecule has 206 valence electrons. The van der Waals surface area contributed by atoms with Crippen molar-refractivity contribution in [3.8, 4) is 17.2 Å². The minimum absolute atomic E-state index is 0.0427. The highest BCUT2D eigenvalue weighted by atomic mass is 16.5. The first kappa shape index (κ1) is 27.6. The lowest BCUT2D eigenvalue weighted by molar-refractivity contribution is -0.149. The summed E-state index contributed by atoms with van der Waals surface area (Å²) in [5.41, 5.74) is 0.181. The molecule has 0 spiro atoms. The van der Waals surface area contributed by atoms with Crippen molar-refractivity contribution < 1.29 is 23.8 Å². The van der Waals surface area contributed by atoms with E-state index >= 15 is 0 Å². The Bertz CT molecular complexity index is 1470. The van der Waals surface area contributed by atoms with Crippen molar-refractivity contribution in [2.24, 2.45) is 5.92 Å². The number of likely N-dealkylation sites (tertiary alicyclic amines) is 1. The van der Waals surface area contributed by atoms with Crippen molar-refractivity contribution in [3.05, 3.63) is 80.1 Å². The van der Waals surface area contributed by atoms with Crippen LogP contribution in [0.1, 0.15) is 41.4 Å². The lowest BCUT2D eigenvalue weighted by atomic mass is 9.97. The molecular weight excluding hydrogens is 504 g/mol. The molecule has 0 radical (unpaired) electrons. The monoisotopic (exact) mass is 536 g/mol. The molecule has 0 bridgehead atoms. The Hall–Kier alpha value is -4.41. The number of hydrogen-bond acceptors (Lipinski definition) is 8. The molecule has 11 heteroatoms. The number of piperidine rings is 1. The number of benzene rings is 2. The molecule has 0 aliphatic carbocycles. The van der Waals surface area contributed by atoms with E-state index < -0.39 is 17.2 Å². The first-order chi connectivity index (χ1) is 18.8. The van der Waals surface area contributed by atoms with Gasteiger partial charge < -0.3 is 19.1 Å². The van der Waals surface area contributed by atoms with Crippen LogP contribution in [0.4, 0.5) is 0 Å². The minimum Gasteiger partial charge on any atom is -0.493 e. The molecule has 2 aromatic carbocycles. The third-order valence-electron chi connectivity index (χ3n) is 6.74. The van der Waals surface area contributed by atoms with Crippen LogP contribution in [-0.2, 0) is 16.1 Å². The van der Waals surface area contributed by atoms with Gasteiger partial charge in [0.2, 0.25) is 5.69 Å². The highest BCUT2D eigenvalue weighted by Gasteiger charge is 2.31. The Kier molecular flexibility index (Phi) is 8.48. The molecule has 4 rings (SSSR count). The molecular formula is C28H32N4O7. The number of carbonyl (C=O) groups is 2. The van der Waals surface area contributed by atoms with E-state index in [9.17, 15) is 19.2 Å². The molecule has 2 heterocycles. The second-order valence-electron chi connectivity index (χ2n) is 9.28. The molecule has 0 saturated carbocycles. The van der Waals surface area contributed by atoms with Gasteiger partial charge in [0, 0.05) is 19.2 Å². The van der Waals surface area contributed by atoms with Gasteiger partial charge in [-0.15, -0.1) is 0 Å². The van der Waals surface area contributed by atoms with Crippen LogP contribution in [0, 0.1) is 12.8 Å². The number of esters is 1. The maximum Gasteiger partial charge on any atom is 0.352 e. The summed E-state index contributed by atoms with van der Waals surface area (Å²) in [6, 6.07) is 12.2. The summed E-state index contributed by atoms with van der Waals surface area (Å²) in [6.45, 7) is 4.46. The number of aromatic nitrogens is 3. The maximum atomic E-state index is 13.6. The first-order valence-corrected chi connectivity index (χ1v) is 12.7. The summed E-state index contributed by atoms with van der Waals surface area (Å²) in [5, 5.41) is 4.24. The Morgan fingerprint density at radius 3 is 2.26 bits per heavy atom. The average molecular weight is 537 g/mol. The van der Waals surface area contributed by atoms with E-state index in [2.05, 4.69) is 5.10 Å². The molecule has 0 atom stereocenters. The first-order valence-electron chi connectivity index (χ1n) is 12.7. The van der Waals surface area contributed by atoms with Crippen LogP contribution in [0.5, 0.6) is 11.5 Å². The van der Waals surface area contributed by atoms with Crippen molar-refractivity contribution in [2.75, 3.05) is 33.9 Å². The summed E-state index contributed by atoms with van der Waals surface area (Å²) in [7, 11) is 2.95. The number of rotatable bonds is 8. The van der Waals surface area contributed by atoms with E-state index in [1.165, 1.54) is 19.1 Å². The molecule has 1 aliphatic heterocycles. The lowest BCUT2D eigenvalue weighted by Crippen LogP contribution is -2.48. The van der Waals surface area contributed by atoms with Crippen LogP contribution < -0.4 is 20.7 Å². The highest BCUT2D eigenvalue weighted by molar-refractivity contribution is 5.92. The number of carbonyl (C=O) groups excluding carboxylic acids is 2. The largest absolute Gasteiger partial charge is 0.493 e. The van der Waals surface area contributed by atoms with Gasteiger partial charge in [-0.3, -0.25) is 19.0 Å². The summed E-state index contributed by atoms with van der Waals surface area (Å²) >= 11 is 0. The van der Waals surface area contributed by atoms with Gasteiger partial charge in [0.25, 0.3) is 11.5 Å². The Morgan fingerprint density at radius 2 is 1.64 bits per heavy atom. The van der Waals surface area contributed by atoms with Crippen molar-refractivity contribution in [3.63, 3.8) is 0 Å². The Balaban J connectivity index is 1.76. The van der Waals surface area contributed by atoms with Crippen LogP contribution in [-0.4, -0.2) is 65.0 Å². The topological polar surface area (TPSA) is 122 Å². The Labute approximate surface area is 225 Å². The lowest BCUT2D eigenvalue weighted by Gasteiger charge is -2.30. The van der Waals surface area contributed by atoms with Crippen LogP contribution in [0.15, 0.2) is 52.1 Å². The van der Waals surface area contributed by atoms with Gasteiger partial charge in [-0.2, -0.15) is 9.78 Å². The molecule has 0 unspecified atom stereocenters. The molecule has 1 aliphatic rings. The maximum absolute atomic E-state index is 13.6. The van der Waals surface area contributed by atoms with Crippen molar-refractivity contribution >= 4 is 11.9 Å². The van der Waals surface area contributed by atoms with E-state index in [1.807, 2.05) is 31.2 Å². The highest BCUT2D eigenvalue weighted by Crippen LogP contribution is 2.28. The number of nitrogens with zero attached hydrogens (tertiary/aromatic N) is 4. The zero-order valence-corrected chi connectivity index (χ0v) is 22.5. The number of methoxy groups -OCH3 is 2. The molecule has 0 N–H and O–H groups in total. The smallest absolute Gasteiger partial charge is 0.352 e. The van der Waals surface area contributed by atoms with Crippen LogP contribution in [0.25, 0.3) is 5.69 Å². The molecule has 1 amide bonds. The average Bonchev–Trinajstić information content (AvgIpc) is 2.96. The van der Waals surface area contributed by atoms with Gasteiger partial charge in [0.15, 0.2) is 11.5 Å². The van der Waals surface area contributed by atoms with Crippen molar-refractivity contribution in [1.82, 2.24) is 19.2 Å². The second kappa shape index (κ2) is 12.0.